The molecule has 1 N–H and O–H groups in total. The molecule has 3 heterocycles. The van der Waals surface area contributed by atoms with Gasteiger partial charge in [0.2, 0.25) is 10.0 Å². The van der Waals surface area contributed by atoms with Crippen molar-refractivity contribution in [3.63, 3.8) is 0 Å². The number of nitrogens with one attached hydrogen (secondary N) is 1. The number of aromatic nitrogens is 3. The molecule has 1 aliphatic rings. The van der Waals surface area contributed by atoms with Gasteiger partial charge in [-0.25, -0.2) is 18.1 Å². The number of pyridine rings is 1. The molecule has 0 unspecified atom stereocenters. The molecule has 2 aromatic heterocycles. The summed E-state index contributed by atoms with van der Waals surface area (Å²) in [4.78, 5) is 8.94. The minimum Gasteiger partial charge on any atom is -0.354 e. The van der Waals surface area contributed by atoms with Gasteiger partial charge in [-0.15, -0.1) is 0 Å². The summed E-state index contributed by atoms with van der Waals surface area (Å²) in [6.07, 6.45) is 1.73. The molecule has 0 saturated carbocycles. The van der Waals surface area contributed by atoms with Crippen molar-refractivity contribution in [2.45, 2.75) is 18.4 Å². The van der Waals surface area contributed by atoms with Crippen LogP contribution in [0.5, 0.6) is 0 Å². The van der Waals surface area contributed by atoms with Gasteiger partial charge in [0.25, 0.3) is 0 Å². The van der Waals surface area contributed by atoms with E-state index in [0.717, 1.165) is 37.6 Å². The zero-order chi connectivity index (χ0) is 18.9. The highest BCUT2D eigenvalue weighted by Crippen LogP contribution is 2.25. The van der Waals surface area contributed by atoms with Crippen molar-refractivity contribution in [1.82, 2.24) is 24.4 Å². The number of hydrogen-bond acceptors (Lipinski definition) is 6. The van der Waals surface area contributed by atoms with Crippen LogP contribution >= 0.6 is 11.6 Å². The average Bonchev–Trinajstić information content (AvgIpc) is 2.87. The number of nitrogens with zero attached hydrogens (tertiary/aromatic N) is 5. The minimum atomic E-state index is -3.78. The lowest BCUT2D eigenvalue weighted by atomic mass is 10.2. The topological polar surface area (TPSA) is 83.4 Å². The lowest BCUT2D eigenvalue weighted by molar-refractivity contribution is 0.312. The summed E-state index contributed by atoms with van der Waals surface area (Å²) in [7, 11) is -0.0749. The Labute approximate surface area is 158 Å². The van der Waals surface area contributed by atoms with E-state index in [1.807, 2.05) is 12.1 Å². The molecule has 0 spiro atoms. The van der Waals surface area contributed by atoms with Gasteiger partial charge >= 0.3 is 0 Å². The van der Waals surface area contributed by atoms with Crippen LogP contribution in [-0.4, -0.2) is 61.3 Å². The zero-order valence-electron chi connectivity index (χ0n) is 15.1. The van der Waals surface area contributed by atoms with Gasteiger partial charge < -0.3 is 9.80 Å². The molecular formula is C16H23ClN6O2S. The van der Waals surface area contributed by atoms with Gasteiger partial charge in [-0.05, 0) is 20.0 Å². The van der Waals surface area contributed by atoms with Crippen molar-refractivity contribution in [3.05, 3.63) is 34.7 Å². The summed E-state index contributed by atoms with van der Waals surface area (Å²) in [6.45, 7) is 5.39. The SMILES string of the molecule is Cc1nn(C)c(Cl)c1S(=O)(=O)NCc1cccnc1N1CCN(C)CC1. The molecular weight excluding hydrogens is 376 g/mol. The first-order valence-electron chi connectivity index (χ1n) is 8.35. The van der Waals surface area contributed by atoms with Crippen LogP contribution in [0.2, 0.25) is 5.15 Å². The van der Waals surface area contributed by atoms with E-state index < -0.39 is 10.0 Å². The van der Waals surface area contributed by atoms with Crippen LogP contribution in [0.1, 0.15) is 11.3 Å². The molecule has 1 fully saturated rings. The lowest BCUT2D eigenvalue weighted by Gasteiger charge is -2.34. The third-order valence-corrected chi connectivity index (χ3v) is 6.59. The number of anilines is 1. The maximum Gasteiger partial charge on any atom is 0.245 e. The predicted molar refractivity (Wildman–Crippen MR) is 101 cm³/mol. The highest BCUT2D eigenvalue weighted by Gasteiger charge is 2.26. The molecule has 0 aliphatic carbocycles. The van der Waals surface area contributed by atoms with E-state index in [9.17, 15) is 8.42 Å². The van der Waals surface area contributed by atoms with Crippen LogP contribution in [0.25, 0.3) is 0 Å². The fourth-order valence-electron chi connectivity index (χ4n) is 3.03. The number of sulfonamides is 1. The van der Waals surface area contributed by atoms with Crippen LogP contribution < -0.4 is 9.62 Å². The van der Waals surface area contributed by atoms with E-state index in [-0.39, 0.29) is 16.6 Å². The van der Waals surface area contributed by atoms with Gasteiger partial charge in [-0.2, -0.15) is 5.10 Å². The van der Waals surface area contributed by atoms with Crippen LogP contribution in [0.4, 0.5) is 5.82 Å². The summed E-state index contributed by atoms with van der Waals surface area (Å²) >= 11 is 6.10. The molecule has 2 aromatic rings. The molecule has 1 aliphatic heterocycles. The minimum absolute atomic E-state index is 0.0201. The Morgan fingerprint density at radius 2 is 1.92 bits per heavy atom. The van der Waals surface area contributed by atoms with Crippen molar-refractivity contribution in [1.29, 1.82) is 0 Å². The Bertz CT molecular complexity index is 890. The third kappa shape index (κ3) is 3.85. The van der Waals surface area contributed by atoms with E-state index in [2.05, 4.69) is 31.7 Å². The summed E-state index contributed by atoms with van der Waals surface area (Å²) in [5.74, 6) is 0.817. The summed E-state index contributed by atoms with van der Waals surface area (Å²) < 4.78 is 29.4. The van der Waals surface area contributed by atoms with Crippen molar-refractivity contribution in [2.24, 2.45) is 7.05 Å². The van der Waals surface area contributed by atoms with Crippen LogP contribution in [0.15, 0.2) is 23.2 Å². The third-order valence-electron chi connectivity index (χ3n) is 4.49. The van der Waals surface area contributed by atoms with Crippen LogP contribution in [-0.2, 0) is 23.6 Å². The van der Waals surface area contributed by atoms with E-state index in [4.69, 9.17) is 11.6 Å². The highest BCUT2D eigenvalue weighted by molar-refractivity contribution is 7.89. The number of hydrogen-bond donors (Lipinski definition) is 1. The Morgan fingerprint density at radius 1 is 1.23 bits per heavy atom. The highest BCUT2D eigenvalue weighted by atomic mass is 35.5. The molecule has 0 bridgehead atoms. The number of halogens is 1. The zero-order valence-corrected chi connectivity index (χ0v) is 16.7. The van der Waals surface area contributed by atoms with Crippen molar-refractivity contribution in [3.8, 4) is 0 Å². The summed E-state index contributed by atoms with van der Waals surface area (Å²) in [5.41, 5.74) is 1.20. The average molecular weight is 399 g/mol. The van der Waals surface area contributed by atoms with Gasteiger partial charge in [0.05, 0.1) is 5.69 Å². The lowest BCUT2D eigenvalue weighted by Crippen LogP contribution is -2.45. The number of likely N-dealkylation sites (N-methyl/N-ethyl adjacent to an activating group) is 1. The molecule has 0 amide bonds. The van der Waals surface area contributed by atoms with Crippen molar-refractivity contribution >= 4 is 27.4 Å². The molecule has 142 valence electrons. The quantitative estimate of drug-likeness (QED) is 0.809. The molecule has 1 saturated heterocycles. The predicted octanol–water partition coefficient (Wildman–Crippen LogP) is 1.01. The molecule has 3 rings (SSSR count). The Morgan fingerprint density at radius 3 is 2.54 bits per heavy atom. The molecule has 8 nitrogen and oxygen atoms in total. The van der Waals surface area contributed by atoms with Crippen molar-refractivity contribution in [2.75, 3.05) is 38.1 Å². The van der Waals surface area contributed by atoms with Gasteiger partial charge in [0, 0.05) is 51.5 Å². The fourth-order valence-corrected chi connectivity index (χ4v) is 4.78. The maximum absolute atomic E-state index is 12.7. The Hall–Kier alpha value is -1.68. The molecule has 0 atom stereocenters. The normalized spacial score (nSPS) is 16.2. The van der Waals surface area contributed by atoms with E-state index in [0.29, 0.717) is 5.69 Å². The van der Waals surface area contributed by atoms with Gasteiger partial charge in [0.15, 0.2) is 0 Å². The van der Waals surface area contributed by atoms with E-state index in [1.165, 1.54) is 4.68 Å². The second-order valence-electron chi connectivity index (χ2n) is 6.43. The molecule has 0 radical (unpaired) electrons. The molecule has 26 heavy (non-hydrogen) atoms. The second-order valence-corrected chi connectivity index (χ2v) is 8.49. The van der Waals surface area contributed by atoms with Gasteiger partial charge in [-0.3, -0.25) is 4.68 Å². The Kier molecular flexibility index (Phi) is 5.52. The van der Waals surface area contributed by atoms with Crippen LogP contribution in [0, 0.1) is 6.92 Å². The molecule has 10 heteroatoms. The first kappa shape index (κ1) is 19.1. The first-order valence-corrected chi connectivity index (χ1v) is 10.2. The smallest absolute Gasteiger partial charge is 0.245 e. The largest absolute Gasteiger partial charge is 0.354 e. The monoisotopic (exact) mass is 398 g/mol. The Balaban J connectivity index is 1.80. The maximum atomic E-state index is 12.7. The summed E-state index contributed by atoms with van der Waals surface area (Å²) in [5, 5.41) is 4.17. The standard InChI is InChI=1S/C16H23ClN6O2S/c1-12-14(15(17)22(3)20-12)26(24,25)19-11-13-5-4-6-18-16(13)23-9-7-21(2)8-10-23/h4-6,19H,7-11H2,1-3H3. The van der Waals surface area contributed by atoms with E-state index >= 15 is 0 Å². The number of piperazine rings is 1. The van der Waals surface area contributed by atoms with Crippen LogP contribution in [0.3, 0.4) is 0 Å². The van der Waals surface area contributed by atoms with Gasteiger partial charge in [-0.1, -0.05) is 17.7 Å². The van der Waals surface area contributed by atoms with Gasteiger partial charge in [0.1, 0.15) is 15.9 Å². The fraction of sp³-hybridized carbons (Fsp3) is 0.500. The number of rotatable bonds is 5. The summed E-state index contributed by atoms with van der Waals surface area (Å²) in [6, 6.07) is 3.70. The van der Waals surface area contributed by atoms with E-state index in [1.54, 1.807) is 20.2 Å². The second kappa shape index (κ2) is 7.51. The van der Waals surface area contributed by atoms with Crippen molar-refractivity contribution < 1.29 is 8.42 Å². The first-order chi connectivity index (χ1) is 12.3. The molecule has 0 aromatic carbocycles. The number of aryl methyl sites for hydroxylation is 2.